The van der Waals surface area contributed by atoms with E-state index in [1.165, 1.54) is 13.0 Å². The van der Waals surface area contributed by atoms with Crippen LogP contribution in [0.4, 0.5) is 0 Å². The molecular formula is C17H15NO2. The van der Waals surface area contributed by atoms with Crippen LogP contribution in [0.1, 0.15) is 6.92 Å². The fourth-order valence-corrected chi connectivity index (χ4v) is 2.62. The second kappa shape index (κ2) is 4.85. The van der Waals surface area contributed by atoms with Crippen LogP contribution in [0.25, 0.3) is 21.8 Å². The third-order valence-corrected chi connectivity index (χ3v) is 3.37. The maximum atomic E-state index is 11.1. The van der Waals surface area contributed by atoms with Crippen molar-refractivity contribution < 1.29 is 9.90 Å². The van der Waals surface area contributed by atoms with Crippen LogP contribution in [-0.4, -0.2) is 15.5 Å². The van der Waals surface area contributed by atoms with Crippen molar-refractivity contribution in [3.63, 3.8) is 0 Å². The molecule has 100 valence electrons. The lowest BCUT2D eigenvalue weighted by molar-refractivity contribution is -0.112. The van der Waals surface area contributed by atoms with Crippen molar-refractivity contribution in [3.8, 4) is 0 Å². The standard InChI is InChI=1S/C17H15NO2/c1-12(19)10-13(20)11-18-16-8-4-2-6-14(16)15-7-3-5-9-17(15)18/h2-10,20H,11H2,1H3. The summed E-state index contributed by atoms with van der Waals surface area (Å²) in [5, 5.41) is 12.2. The fourth-order valence-electron chi connectivity index (χ4n) is 2.62. The predicted molar refractivity (Wildman–Crippen MR) is 80.8 cm³/mol. The lowest BCUT2D eigenvalue weighted by Crippen LogP contribution is -2.02. The summed E-state index contributed by atoms with van der Waals surface area (Å²) in [5.74, 6) is -0.0766. The van der Waals surface area contributed by atoms with Crippen molar-refractivity contribution in [2.24, 2.45) is 0 Å². The normalized spacial score (nSPS) is 12.2. The lowest BCUT2D eigenvalue weighted by atomic mass is 10.2. The molecule has 1 aromatic heterocycles. The van der Waals surface area contributed by atoms with E-state index in [0.717, 1.165) is 21.8 Å². The number of aromatic nitrogens is 1. The van der Waals surface area contributed by atoms with E-state index in [1.54, 1.807) is 0 Å². The molecule has 0 spiro atoms. The Morgan fingerprint density at radius 2 is 1.55 bits per heavy atom. The number of aliphatic hydroxyl groups is 1. The number of benzene rings is 2. The summed E-state index contributed by atoms with van der Waals surface area (Å²) in [6, 6.07) is 16.1. The van der Waals surface area contributed by atoms with Crippen LogP contribution in [0.2, 0.25) is 0 Å². The Morgan fingerprint density at radius 3 is 2.05 bits per heavy atom. The molecule has 0 amide bonds. The van der Waals surface area contributed by atoms with Crippen molar-refractivity contribution in [2.75, 3.05) is 0 Å². The molecule has 0 aliphatic heterocycles. The highest BCUT2D eigenvalue weighted by Gasteiger charge is 2.10. The number of carbonyl (C=O) groups is 1. The molecule has 0 atom stereocenters. The molecular weight excluding hydrogens is 250 g/mol. The van der Waals surface area contributed by atoms with Gasteiger partial charge in [0.15, 0.2) is 5.78 Å². The maximum absolute atomic E-state index is 11.1. The fraction of sp³-hybridized carbons (Fsp3) is 0.118. The quantitative estimate of drug-likeness (QED) is 0.577. The van der Waals surface area contributed by atoms with Crippen molar-refractivity contribution >= 4 is 27.6 Å². The van der Waals surface area contributed by atoms with E-state index in [0.29, 0.717) is 6.54 Å². The monoisotopic (exact) mass is 265 g/mol. The summed E-state index contributed by atoms with van der Waals surface area (Å²) in [6.07, 6.45) is 1.27. The lowest BCUT2D eigenvalue weighted by Gasteiger charge is -2.06. The molecule has 0 bridgehead atoms. The Hall–Kier alpha value is -2.55. The number of fused-ring (bicyclic) bond motifs is 3. The molecule has 3 nitrogen and oxygen atoms in total. The summed E-state index contributed by atoms with van der Waals surface area (Å²) < 4.78 is 2.03. The third kappa shape index (κ3) is 2.07. The number of aliphatic hydroxyl groups excluding tert-OH is 1. The first kappa shape index (κ1) is 12.5. The summed E-state index contributed by atoms with van der Waals surface area (Å²) in [7, 11) is 0. The second-order valence-corrected chi connectivity index (χ2v) is 4.87. The largest absolute Gasteiger partial charge is 0.510 e. The van der Waals surface area contributed by atoms with Crippen molar-refractivity contribution in [1.82, 2.24) is 4.57 Å². The molecule has 2 aromatic carbocycles. The highest BCUT2D eigenvalue weighted by atomic mass is 16.3. The van der Waals surface area contributed by atoms with Gasteiger partial charge in [-0.15, -0.1) is 0 Å². The van der Waals surface area contributed by atoms with Gasteiger partial charge in [0.05, 0.1) is 6.54 Å². The minimum Gasteiger partial charge on any atom is -0.510 e. The van der Waals surface area contributed by atoms with E-state index < -0.39 is 0 Å². The third-order valence-electron chi connectivity index (χ3n) is 3.37. The number of carbonyl (C=O) groups excluding carboxylic acids is 1. The topological polar surface area (TPSA) is 42.2 Å². The molecule has 3 rings (SSSR count). The number of para-hydroxylation sites is 2. The molecule has 3 heteroatoms. The molecule has 1 heterocycles. The Kier molecular flexibility index (Phi) is 3.03. The van der Waals surface area contributed by atoms with E-state index in [-0.39, 0.29) is 11.5 Å². The summed E-state index contributed by atoms with van der Waals surface area (Å²) in [4.78, 5) is 11.1. The number of allylic oxidation sites excluding steroid dienone is 2. The highest BCUT2D eigenvalue weighted by molar-refractivity contribution is 6.08. The van der Waals surface area contributed by atoms with Gasteiger partial charge in [0.2, 0.25) is 0 Å². The van der Waals surface area contributed by atoms with Crippen LogP contribution < -0.4 is 0 Å². The molecule has 0 unspecified atom stereocenters. The molecule has 0 saturated heterocycles. The van der Waals surface area contributed by atoms with Gasteiger partial charge < -0.3 is 9.67 Å². The molecule has 20 heavy (non-hydrogen) atoms. The Labute approximate surface area is 116 Å². The van der Waals surface area contributed by atoms with Gasteiger partial charge in [-0.3, -0.25) is 4.79 Å². The van der Waals surface area contributed by atoms with E-state index in [1.807, 2.05) is 41.0 Å². The van der Waals surface area contributed by atoms with Crippen LogP contribution in [0.3, 0.4) is 0 Å². The Balaban J connectivity index is 2.24. The molecule has 0 saturated carbocycles. The molecule has 0 aliphatic carbocycles. The van der Waals surface area contributed by atoms with Gasteiger partial charge in [-0.05, 0) is 19.1 Å². The second-order valence-electron chi connectivity index (χ2n) is 4.87. The van der Waals surface area contributed by atoms with Crippen molar-refractivity contribution in [2.45, 2.75) is 13.5 Å². The summed E-state index contributed by atoms with van der Waals surface area (Å²) >= 11 is 0. The van der Waals surface area contributed by atoms with Crippen LogP contribution in [0.5, 0.6) is 0 Å². The van der Waals surface area contributed by atoms with Crippen LogP contribution in [-0.2, 0) is 11.3 Å². The highest BCUT2D eigenvalue weighted by Crippen LogP contribution is 2.29. The smallest absolute Gasteiger partial charge is 0.156 e. The van der Waals surface area contributed by atoms with E-state index in [2.05, 4.69) is 12.1 Å². The van der Waals surface area contributed by atoms with Gasteiger partial charge in [0.25, 0.3) is 0 Å². The van der Waals surface area contributed by atoms with Gasteiger partial charge in [-0.1, -0.05) is 36.4 Å². The summed E-state index contributed by atoms with van der Waals surface area (Å²) in [6.45, 7) is 1.73. The van der Waals surface area contributed by atoms with Gasteiger partial charge >= 0.3 is 0 Å². The first-order valence-electron chi connectivity index (χ1n) is 6.53. The average molecular weight is 265 g/mol. The van der Waals surface area contributed by atoms with E-state index in [9.17, 15) is 9.90 Å². The Bertz CT molecular complexity index is 774. The SMILES string of the molecule is CC(=O)C=C(O)Cn1c2ccccc2c2ccccc21. The van der Waals surface area contributed by atoms with E-state index >= 15 is 0 Å². The van der Waals surface area contributed by atoms with Crippen LogP contribution in [0, 0.1) is 0 Å². The van der Waals surface area contributed by atoms with Gasteiger partial charge in [-0.25, -0.2) is 0 Å². The zero-order valence-electron chi connectivity index (χ0n) is 11.2. The zero-order chi connectivity index (χ0) is 14.1. The number of ketones is 1. The molecule has 0 aliphatic rings. The first-order chi connectivity index (χ1) is 9.66. The number of hydrogen-bond donors (Lipinski definition) is 1. The molecule has 1 N–H and O–H groups in total. The summed E-state index contributed by atoms with van der Waals surface area (Å²) in [5.41, 5.74) is 2.11. The minimum atomic E-state index is -0.150. The average Bonchev–Trinajstić information content (AvgIpc) is 2.73. The van der Waals surface area contributed by atoms with Crippen molar-refractivity contribution in [3.05, 3.63) is 60.4 Å². The van der Waals surface area contributed by atoms with Crippen LogP contribution in [0.15, 0.2) is 60.4 Å². The number of rotatable bonds is 3. The maximum Gasteiger partial charge on any atom is 0.156 e. The molecule has 0 radical (unpaired) electrons. The van der Waals surface area contributed by atoms with Gasteiger partial charge in [-0.2, -0.15) is 0 Å². The van der Waals surface area contributed by atoms with Gasteiger partial charge in [0.1, 0.15) is 5.76 Å². The predicted octanol–water partition coefficient (Wildman–Crippen LogP) is 3.83. The van der Waals surface area contributed by atoms with E-state index in [4.69, 9.17) is 0 Å². The first-order valence-corrected chi connectivity index (χ1v) is 6.53. The minimum absolute atomic E-state index is 0.0732. The van der Waals surface area contributed by atoms with Gasteiger partial charge in [0, 0.05) is 27.9 Å². The number of hydrogen-bond acceptors (Lipinski definition) is 2. The molecule has 3 aromatic rings. The Morgan fingerprint density at radius 1 is 1.05 bits per heavy atom. The zero-order valence-corrected chi connectivity index (χ0v) is 11.2. The van der Waals surface area contributed by atoms with Crippen molar-refractivity contribution in [1.29, 1.82) is 0 Å². The molecule has 0 fully saturated rings. The number of nitrogens with zero attached hydrogens (tertiary/aromatic N) is 1. The van der Waals surface area contributed by atoms with Crippen LogP contribution >= 0.6 is 0 Å².